The Kier molecular flexibility index (Phi) is 3.02. The van der Waals surface area contributed by atoms with E-state index < -0.39 is 11.4 Å². The lowest BCUT2D eigenvalue weighted by Gasteiger charge is -2.46. The van der Waals surface area contributed by atoms with Crippen molar-refractivity contribution in [1.82, 2.24) is 0 Å². The van der Waals surface area contributed by atoms with Crippen LogP contribution in [0.4, 0.5) is 0 Å². The van der Waals surface area contributed by atoms with Crippen molar-refractivity contribution in [3.8, 4) is 0 Å². The van der Waals surface area contributed by atoms with E-state index in [2.05, 4.69) is 13.8 Å². The van der Waals surface area contributed by atoms with Crippen molar-refractivity contribution in [2.45, 2.75) is 65.2 Å². The van der Waals surface area contributed by atoms with Gasteiger partial charge in [-0.1, -0.05) is 39.5 Å². The van der Waals surface area contributed by atoms with Gasteiger partial charge < -0.3 is 5.11 Å². The van der Waals surface area contributed by atoms with E-state index in [9.17, 15) is 9.90 Å². The van der Waals surface area contributed by atoms with E-state index >= 15 is 0 Å². The first-order valence-corrected chi connectivity index (χ1v) is 6.74. The second-order valence-corrected chi connectivity index (χ2v) is 6.36. The Morgan fingerprint density at radius 1 is 1.19 bits per heavy atom. The summed E-state index contributed by atoms with van der Waals surface area (Å²) in [4.78, 5) is 11.8. The number of rotatable bonds is 2. The predicted octanol–water partition coefficient (Wildman–Crippen LogP) is 3.85. The van der Waals surface area contributed by atoms with E-state index in [-0.39, 0.29) is 5.41 Å². The average molecular weight is 224 g/mol. The van der Waals surface area contributed by atoms with Crippen LogP contribution in [0.3, 0.4) is 0 Å². The quantitative estimate of drug-likeness (QED) is 0.773. The highest BCUT2D eigenvalue weighted by molar-refractivity contribution is 5.76. The number of aliphatic carboxylic acids is 1. The Bertz CT molecular complexity index is 278. The van der Waals surface area contributed by atoms with Gasteiger partial charge in [0.25, 0.3) is 0 Å². The zero-order valence-electron chi connectivity index (χ0n) is 10.6. The predicted molar refractivity (Wildman–Crippen MR) is 64.3 cm³/mol. The molecule has 2 heteroatoms. The number of carboxylic acid groups (broad SMARTS) is 1. The first-order valence-electron chi connectivity index (χ1n) is 6.74. The molecule has 92 valence electrons. The number of hydrogen-bond donors (Lipinski definition) is 1. The number of hydrogen-bond acceptors (Lipinski definition) is 1. The Labute approximate surface area is 98.4 Å². The number of carboxylic acids is 1. The Morgan fingerprint density at radius 2 is 1.81 bits per heavy atom. The molecule has 0 aromatic carbocycles. The van der Waals surface area contributed by atoms with Crippen molar-refractivity contribution in [2.75, 3.05) is 0 Å². The fourth-order valence-electron chi connectivity index (χ4n) is 4.20. The van der Waals surface area contributed by atoms with Crippen LogP contribution in [0.2, 0.25) is 0 Å². The third-order valence-corrected chi connectivity index (χ3v) is 5.26. The molecule has 0 aromatic rings. The molecule has 2 atom stereocenters. The van der Waals surface area contributed by atoms with Gasteiger partial charge in [-0.2, -0.15) is 0 Å². The summed E-state index contributed by atoms with van der Waals surface area (Å²) >= 11 is 0. The molecule has 0 bridgehead atoms. The van der Waals surface area contributed by atoms with E-state index in [4.69, 9.17) is 0 Å². The average Bonchev–Trinajstić information content (AvgIpc) is 2.61. The molecule has 2 fully saturated rings. The Hall–Kier alpha value is -0.530. The zero-order valence-corrected chi connectivity index (χ0v) is 10.6. The van der Waals surface area contributed by atoms with E-state index in [1.807, 2.05) is 0 Å². The third kappa shape index (κ3) is 1.66. The highest BCUT2D eigenvalue weighted by Crippen LogP contribution is 2.59. The molecule has 2 rings (SSSR count). The van der Waals surface area contributed by atoms with Crippen LogP contribution in [0.1, 0.15) is 65.2 Å². The standard InChI is InChI=1S/C14H24O2/c1-11-6-9-13(2,10-11)14(12(15)16)7-4-3-5-8-14/h11H,3-10H2,1-2H3,(H,15,16). The first kappa shape index (κ1) is 11.9. The van der Waals surface area contributed by atoms with Crippen LogP contribution in [0.25, 0.3) is 0 Å². The molecule has 16 heavy (non-hydrogen) atoms. The van der Waals surface area contributed by atoms with Crippen LogP contribution in [0, 0.1) is 16.7 Å². The maximum atomic E-state index is 11.8. The Balaban J connectivity index is 2.28. The molecule has 2 nitrogen and oxygen atoms in total. The summed E-state index contributed by atoms with van der Waals surface area (Å²) in [6.45, 7) is 4.50. The van der Waals surface area contributed by atoms with Crippen molar-refractivity contribution < 1.29 is 9.90 Å². The molecule has 0 heterocycles. The highest BCUT2D eigenvalue weighted by Gasteiger charge is 2.55. The molecule has 2 saturated carbocycles. The van der Waals surface area contributed by atoms with Crippen LogP contribution in [-0.2, 0) is 4.79 Å². The minimum absolute atomic E-state index is 0.0542. The fraction of sp³-hybridized carbons (Fsp3) is 0.929. The van der Waals surface area contributed by atoms with Gasteiger partial charge in [0.2, 0.25) is 0 Å². The maximum absolute atomic E-state index is 11.8. The van der Waals surface area contributed by atoms with Gasteiger partial charge in [-0.3, -0.25) is 4.79 Å². The normalized spacial score (nSPS) is 38.5. The minimum atomic E-state index is -0.524. The monoisotopic (exact) mass is 224 g/mol. The van der Waals surface area contributed by atoms with Gasteiger partial charge in [0.05, 0.1) is 5.41 Å². The van der Waals surface area contributed by atoms with Crippen molar-refractivity contribution in [3.63, 3.8) is 0 Å². The summed E-state index contributed by atoms with van der Waals surface area (Å²) in [6.07, 6.45) is 8.69. The summed E-state index contributed by atoms with van der Waals surface area (Å²) in [5, 5.41) is 9.70. The topological polar surface area (TPSA) is 37.3 Å². The van der Waals surface area contributed by atoms with E-state index in [1.165, 1.54) is 12.8 Å². The molecular weight excluding hydrogens is 200 g/mol. The smallest absolute Gasteiger partial charge is 0.310 e. The summed E-state index contributed by atoms with van der Waals surface area (Å²) in [6, 6.07) is 0. The molecule has 2 aliphatic carbocycles. The van der Waals surface area contributed by atoms with Gasteiger partial charge in [-0.25, -0.2) is 0 Å². The van der Waals surface area contributed by atoms with E-state index in [0.29, 0.717) is 5.92 Å². The lowest BCUT2D eigenvalue weighted by atomic mass is 9.56. The summed E-state index contributed by atoms with van der Waals surface area (Å²) < 4.78 is 0. The van der Waals surface area contributed by atoms with Crippen LogP contribution >= 0.6 is 0 Å². The van der Waals surface area contributed by atoms with Crippen molar-refractivity contribution in [3.05, 3.63) is 0 Å². The first-order chi connectivity index (χ1) is 7.50. The van der Waals surface area contributed by atoms with E-state index in [1.54, 1.807) is 0 Å². The molecule has 0 amide bonds. The lowest BCUT2D eigenvalue weighted by Crippen LogP contribution is -2.46. The summed E-state index contributed by atoms with van der Waals surface area (Å²) in [7, 11) is 0. The second-order valence-electron chi connectivity index (χ2n) is 6.36. The molecule has 1 N–H and O–H groups in total. The van der Waals surface area contributed by atoms with Crippen molar-refractivity contribution >= 4 is 5.97 Å². The van der Waals surface area contributed by atoms with Crippen LogP contribution in [0.15, 0.2) is 0 Å². The molecule has 2 unspecified atom stereocenters. The zero-order chi connectivity index (χ0) is 11.8. The van der Waals surface area contributed by atoms with Crippen molar-refractivity contribution in [1.29, 1.82) is 0 Å². The van der Waals surface area contributed by atoms with Crippen LogP contribution in [0.5, 0.6) is 0 Å². The fourth-order valence-corrected chi connectivity index (χ4v) is 4.20. The van der Waals surface area contributed by atoms with Crippen LogP contribution in [-0.4, -0.2) is 11.1 Å². The SMILES string of the molecule is CC1CCC(C)(C2(C(=O)O)CCCCC2)C1. The third-order valence-electron chi connectivity index (χ3n) is 5.26. The molecular formula is C14H24O2. The Morgan fingerprint density at radius 3 is 2.25 bits per heavy atom. The second kappa shape index (κ2) is 4.05. The molecule has 2 aliphatic rings. The maximum Gasteiger partial charge on any atom is 0.310 e. The van der Waals surface area contributed by atoms with Gasteiger partial charge >= 0.3 is 5.97 Å². The van der Waals surface area contributed by atoms with Gasteiger partial charge in [0.1, 0.15) is 0 Å². The van der Waals surface area contributed by atoms with Crippen LogP contribution < -0.4 is 0 Å². The van der Waals surface area contributed by atoms with E-state index in [0.717, 1.165) is 38.5 Å². The molecule has 0 spiro atoms. The molecule has 0 aromatic heterocycles. The molecule has 0 saturated heterocycles. The van der Waals surface area contributed by atoms with Gasteiger partial charge in [-0.05, 0) is 37.0 Å². The van der Waals surface area contributed by atoms with Gasteiger partial charge in [0.15, 0.2) is 0 Å². The lowest BCUT2D eigenvalue weighted by molar-refractivity contribution is -0.161. The summed E-state index contributed by atoms with van der Waals surface area (Å²) in [5.74, 6) is 0.187. The molecule has 0 radical (unpaired) electrons. The van der Waals surface area contributed by atoms with Gasteiger partial charge in [0, 0.05) is 0 Å². The van der Waals surface area contributed by atoms with Gasteiger partial charge in [-0.15, -0.1) is 0 Å². The molecule has 0 aliphatic heterocycles. The number of carbonyl (C=O) groups is 1. The highest BCUT2D eigenvalue weighted by atomic mass is 16.4. The minimum Gasteiger partial charge on any atom is -0.481 e. The largest absolute Gasteiger partial charge is 0.481 e. The summed E-state index contributed by atoms with van der Waals surface area (Å²) in [5.41, 5.74) is -0.352. The van der Waals surface area contributed by atoms with Crippen molar-refractivity contribution in [2.24, 2.45) is 16.7 Å².